The zero-order valence-corrected chi connectivity index (χ0v) is 10.7. The van der Waals surface area contributed by atoms with Crippen molar-refractivity contribution in [1.82, 2.24) is 5.32 Å². The van der Waals surface area contributed by atoms with Gasteiger partial charge in [0.1, 0.15) is 5.76 Å². The fourth-order valence-corrected chi connectivity index (χ4v) is 2.07. The van der Waals surface area contributed by atoms with Gasteiger partial charge in [0, 0.05) is 6.54 Å². The third-order valence-electron chi connectivity index (χ3n) is 3.23. The maximum atomic E-state index is 9.37. The van der Waals surface area contributed by atoms with Crippen molar-refractivity contribution in [3.05, 3.63) is 47.7 Å². The third-order valence-corrected chi connectivity index (χ3v) is 3.23. The van der Waals surface area contributed by atoms with Crippen LogP contribution in [0.15, 0.2) is 42.2 Å². The molecule has 1 unspecified atom stereocenters. The standard InChI is InChI=1S/C15H19NO3/c17-13-4-1-11(2-5-13)7-8-16-10-12-3-6-14(18)15(19)9-12/h1,3-6,9,11,16-19H,2,7-8,10H2. The number of aliphatic hydroxyl groups is 1. The molecule has 0 spiro atoms. The Morgan fingerprint density at radius 3 is 2.68 bits per heavy atom. The molecule has 0 bridgehead atoms. The largest absolute Gasteiger partial charge is 0.508 e. The van der Waals surface area contributed by atoms with Gasteiger partial charge in [-0.2, -0.15) is 0 Å². The Morgan fingerprint density at radius 1 is 1.16 bits per heavy atom. The number of nitrogens with one attached hydrogen (secondary N) is 1. The van der Waals surface area contributed by atoms with Crippen LogP contribution in [0.5, 0.6) is 11.5 Å². The summed E-state index contributed by atoms with van der Waals surface area (Å²) in [5.41, 5.74) is 0.937. The molecule has 4 nitrogen and oxygen atoms in total. The third kappa shape index (κ3) is 4.03. The molecule has 0 aliphatic heterocycles. The lowest BCUT2D eigenvalue weighted by molar-refractivity contribution is 0.402. The molecule has 1 atom stereocenters. The zero-order valence-electron chi connectivity index (χ0n) is 10.7. The first-order valence-corrected chi connectivity index (χ1v) is 6.44. The Bertz CT molecular complexity index is 494. The van der Waals surface area contributed by atoms with Crippen LogP contribution in [0.2, 0.25) is 0 Å². The fourth-order valence-electron chi connectivity index (χ4n) is 2.07. The highest BCUT2D eigenvalue weighted by atomic mass is 16.3. The van der Waals surface area contributed by atoms with Gasteiger partial charge in [-0.15, -0.1) is 0 Å². The van der Waals surface area contributed by atoms with E-state index in [2.05, 4.69) is 5.32 Å². The topological polar surface area (TPSA) is 72.7 Å². The molecular weight excluding hydrogens is 242 g/mol. The molecule has 1 aromatic carbocycles. The SMILES string of the molecule is OC1=CCC(CCNCc2ccc(O)c(O)c2)C=C1. The van der Waals surface area contributed by atoms with E-state index in [0.29, 0.717) is 18.2 Å². The van der Waals surface area contributed by atoms with Crippen LogP contribution in [-0.2, 0) is 6.54 Å². The second-order valence-corrected chi connectivity index (χ2v) is 4.77. The molecule has 0 radical (unpaired) electrons. The number of allylic oxidation sites excluding steroid dienone is 3. The second kappa shape index (κ2) is 6.29. The predicted molar refractivity (Wildman–Crippen MR) is 74.1 cm³/mol. The molecule has 0 saturated carbocycles. The first-order valence-electron chi connectivity index (χ1n) is 6.44. The van der Waals surface area contributed by atoms with Crippen molar-refractivity contribution < 1.29 is 15.3 Å². The summed E-state index contributed by atoms with van der Waals surface area (Å²) < 4.78 is 0. The first-order chi connectivity index (χ1) is 9.15. The van der Waals surface area contributed by atoms with Crippen LogP contribution in [0, 0.1) is 5.92 Å². The van der Waals surface area contributed by atoms with Crippen LogP contribution < -0.4 is 5.32 Å². The van der Waals surface area contributed by atoms with E-state index < -0.39 is 0 Å². The summed E-state index contributed by atoms with van der Waals surface area (Å²) in [4.78, 5) is 0. The normalized spacial score (nSPS) is 18.3. The molecule has 4 N–H and O–H groups in total. The molecule has 0 heterocycles. The predicted octanol–water partition coefficient (Wildman–Crippen LogP) is 2.60. The Hall–Kier alpha value is -1.94. The van der Waals surface area contributed by atoms with Gasteiger partial charge in [-0.1, -0.05) is 12.1 Å². The van der Waals surface area contributed by atoms with Crippen LogP contribution in [-0.4, -0.2) is 21.9 Å². The minimum Gasteiger partial charge on any atom is -0.508 e. The summed E-state index contributed by atoms with van der Waals surface area (Å²) in [6.07, 6.45) is 7.49. The molecule has 4 heteroatoms. The van der Waals surface area contributed by atoms with E-state index in [0.717, 1.165) is 24.9 Å². The number of aromatic hydroxyl groups is 2. The van der Waals surface area contributed by atoms with Crippen molar-refractivity contribution >= 4 is 0 Å². The van der Waals surface area contributed by atoms with Crippen molar-refractivity contribution in [2.45, 2.75) is 19.4 Å². The lowest BCUT2D eigenvalue weighted by Gasteiger charge is -2.14. The van der Waals surface area contributed by atoms with E-state index in [-0.39, 0.29) is 11.5 Å². The van der Waals surface area contributed by atoms with Crippen molar-refractivity contribution in [1.29, 1.82) is 0 Å². The Labute approximate surface area is 112 Å². The van der Waals surface area contributed by atoms with E-state index in [1.165, 1.54) is 6.07 Å². The summed E-state index contributed by atoms with van der Waals surface area (Å²) in [5.74, 6) is 0.637. The summed E-state index contributed by atoms with van der Waals surface area (Å²) >= 11 is 0. The highest BCUT2D eigenvalue weighted by molar-refractivity contribution is 5.40. The van der Waals surface area contributed by atoms with E-state index in [4.69, 9.17) is 0 Å². The van der Waals surface area contributed by atoms with Crippen LogP contribution >= 0.6 is 0 Å². The number of rotatable bonds is 5. The Morgan fingerprint density at radius 2 is 2.00 bits per heavy atom. The molecule has 0 fully saturated rings. The summed E-state index contributed by atoms with van der Waals surface area (Å²) in [6.45, 7) is 1.52. The highest BCUT2D eigenvalue weighted by Gasteiger charge is 2.07. The van der Waals surface area contributed by atoms with E-state index in [9.17, 15) is 15.3 Å². The second-order valence-electron chi connectivity index (χ2n) is 4.77. The van der Waals surface area contributed by atoms with Crippen molar-refractivity contribution in [2.75, 3.05) is 6.54 Å². The van der Waals surface area contributed by atoms with E-state index in [1.807, 2.05) is 12.2 Å². The van der Waals surface area contributed by atoms with Crippen molar-refractivity contribution in [2.24, 2.45) is 5.92 Å². The zero-order chi connectivity index (χ0) is 13.7. The number of hydrogen-bond acceptors (Lipinski definition) is 4. The van der Waals surface area contributed by atoms with Gasteiger partial charge in [0.05, 0.1) is 0 Å². The molecule has 1 aliphatic carbocycles. The molecule has 1 aliphatic rings. The van der Waals surface area contributed by atoms with Crippen LogP contribution in [0.4, 0.5) is 0 Å². The number of phenolic OH excluding ortho intramolecular Hbond substituents is 2. The molecule has 102 valence electrons. The molecule has 1 aromatic rings. The van der Waals surface area contributed by atoms with Crippen LogP contribution in [0.3, 0.4) is 0 Å². The smallest absolute Gasteiger partial charge is 0.157 e. The monoisotopic (exact) mass is 261 g/mol. The highest BCUT2D eigenvalue weighted by Crippen LogP contribution is 2.24. The number of aliphatic hydroxyl groups excluding tert-OH is 1. The minimum absolute atomic E-state index is 0.0878. The Balaban J connectivity index is 1.69. The van der Waals surface area contributed by atoms with Gasteiger partial charge in [-0.05, 0) is 55.2 Å². The van der Waals surface area contributed by atoms with E-state index >= 15 is 0 Å². The van der Waals surface area contributed by atoms with Gasteiger partial charge < -0.3 is 20.6 Å². The Kier molecular flexibility index (Phi) is 4.47. The minimum atomic E-state index is -0.0947. The average Bonchev–Trinajstić information content (AvgIpc) is 2.41. The molecule has 0 amide bonds. The van der Waals surface area contributed by atoms with E-state index in [1.54, 1.807) is 18.2 Å². The van der Waals surface area contributed by atoms with Crippen molar-refractivity contribution in [3.63, 3.8) is 0 Å². The van der Waals surface area contributed by atoms with Gasteiger partial charge in [-0.3, -0.25) is 0 Å². The maximum absolute atomic E-state index is 9.37. The lowest BCUT2D eigenvalue weighted by Crippen LogP contribution is -2.17. The van der Waals surface area contributed by atoms with Gasteiger partial charge in [-0.25, -0.2) is 0 Å². The molecule has 19 heavy (non-hydrogen) atoms. The molecule has 0 aromatic heterocycles. The molecular formula is C15H19NO3. The average molecular weight is 261 g/mol. The molecule has 0 saturated heterocycles. The van der Waals surface area contributed by atoms with Gasteiger partial charge in [0.15, 0.2) is 11.5 Å². The number of hydrogen-bond donors (Lipinski definition) is 4. The van der Waals surface area contributed by atoms with Gasteiger partial charge >= 0.3 is 0 Å². The quantitative estimate of drug-likeness (QED) is 0.485. The van der Waals surface area contributed by atoms with Crippen molar-refractivity contribution in [3.8, 4) is 11.5 Å². The van der Waals surface area contributed by atoms with Crippen LogP contribution in [0.1, 0.15) is 18.4 Å². The summed E-state index contributed by atoms with van der Waals surface area (Å²) in [7, 11) is 0. The van der Waals surface area contributed by atoms with Gasteiger partial charge in [0.25, 0.3) is 0 Å². The lowest BCUT2D eigenvalue weighted by atomic mass is 9.97. The summed E-state index contributed by atoms with van der Waals surface area (Å²) in [5, 5.41) is 31.1. The number of benzene rings is 1. The van der Waals surface area contributed by atoms with Gasteiger partial charge in [0.2, 0.25) is 0 Å². The number of phenols is 2. The maximum Gasteiger partial charge on any atom is 0.157 e. The molecule has 2 rings (SSSR count). The summed E-state index contributed by atoms with van der Waals surface area (Å²) in [6, 6.07) is 4.83. The first kappa shape index (κ1) is 13.5. The fraction of sp³-hybridized carbons (Fsp3) is 0.333. The van der Waals surface area contributed by atoms with Crippen LogP contribution in [0.25, 0.3) is 0 Å².